The summed E-state index contributed by atoms with van der Waals surface area (Å²) in [5.74, 6) is 1.75. The Morgan fingerprint density at radius 3 is 2.80 bits per heavy atom. The standard InChI is InChI=1S/C16H23NO3/c1-2-18-14-10-13(11-14)17-6-5-12-3-4-15-16(9-12)20-8-7-19-15/h3-4,9,13-14,17H,2,5-8,10-11H2,1H3. The highest BCUT2D eigenvalue weighted by atomic mass is 16.6. The van der Waals surface area contributed by atoms with Crippen molar-refractivity contribution < 1.29 is 14.2 Å². The number of benzene rings is 1. The lowest BCUT2D eigenvalue weighted by molar-refractivity contribution is -0.00960. The fourth-order valence-electron chi connectivity index (χ4n) is 2.77. The van der Waals surface area contributed by atoms with E-state index in [0.717, 1.165) is 43.9 Å². The van der Waals surface area contributed by atoms with Crippen molar-refractivity contribution >= 4 is 0 Å². The third-order valence-corrected chi connectivity index (χ3v) is 3.95. The molecule has 1 N–H and O–H groups in total. The van der Waals surface area contributed by atoms with Crippen LogP contribution < -0.4 is 14.8 Å². The van der Waals surface area contributed by atoms with E-state index in [4.69, 9.17) is 14.2 Å². The Bertz CT molecular complexity index is 443. The van der Waals surface area contributed by atoms with E-state index in [1.165, 1.54) is 5.56 Å². The van der Waals surface area contributed by atoms with E-state index in [9.17, 15) is 0 Å². The van der Waals surface area contributed by atoms with Crippen LogP contribution in [0.4, 0.5) is 0 Å². The van der Waals surface area contributed by atoms with E-state index in [-0.39, 0.29) is 0 Å². The normalized spacial score (nSPS) is 24.2. The maximum absolute atomic E-state index is 5.60. The zero-order chi connectivity index (χ0) is 13.8. The number of nitrogens with one attached hydrogen (secondary N) is 1. The Balaban J connectivity index is 1.41. The van der Waals surface area contributed by atoms with Crippen molar-refractivity contribution in [2.24, 2.45) is 0 Å². The molecule has 0 unspecified atom stereocenters. The number of fused-ring (bicyclic) bond motifs is 1. The van der Waals surface area contributed by atoms with Crippen molar-refractivity contribution in [1.82, 2.24) is 5.32 Å². The first-order valence-corrected chi connectivity index (χ1v) is 7.58. The highest BCUT2D eigenvalue weighted by Crippen LogP contribution is 2.30. The SMILES string of the molecule is CCOC1CC(NCCc2ccc3c(c2)OCCO3)C1. The molecule has 110 valence electrons. The first-order valence-electron chi connectivity index (χ1n) is 7.58. The maximum Gasteiger partial charge on any atom is 0.161 e. The molecule has 0 atom stereocenters. The van der Waals surface area contributed by atoms with Crippen LogP contribution in [0, 0.1) is 0 Å². The first-order chi connectivity index (χ1) is 9.85. The number of rotatable bonds is 6. The molecule has 0 amide bonds. The van der Waals surface area contributed by atoms with Gasteiger partial charge in [-0.25, -0.2) is 0 Å². The molecule has 1 saturated carbocycles. The smallest absolute Gasteiger partial charge is 0.161 e. The van der Waals surface area contributed by atoms with Crippen LogP contribution in [0.25, 0.3) is 0 Å². The Morgan fingerprint density at radius 1 is 1.20 bits per heavy atom. The quantitative estimate of drug-likeness (QED) is 0.865. The van der Waals surface area contributed by atoms with Crippen molar-refractivity contribution in [2.75, 3.05) is 26.4 Å². The lowest BCUT2D eigenvalue weighted by Gasteiger charge is -2.35. The van der Waals surface area contributed by atoms with Gasteiger partial charge in [-0.2, -0.15) is 0 Å². The zero-order valence-electron chi connectivity index (χ0n) is 12.1. The zero-order valence-corrected chi connectivity index (χ0v) is 12.1. The molecular formula is C16H23NO3. The summed E-state index contributed by atoms with van der Waals surface area (Å²) in [7, 11) is 0. The molecule has 1 fully saturated rings. The van der Waals surface area contributed by atoms with Gasteiger partial charge in [0.25, 0.3) is 0 Å². The second-order valence-corrected chi connectivity index (χ2v) is 5.43. The van der Waals surface area contributed by atoms with Crippen LogP contribution in [0.15, 0.2) is 18.2 Å². The molecule has 1 aliphatic carbocycles. The summed E-state index contributed by atoms with van der Waals surface area (Å²) in [5, 5.41) is 3.58. The van der Waals surface area contributed by atoms with Gasteiger partial charge in [-0.05, 0) is 50.4 Å². The summed E-state index contributed by atoms with van der Waals surface area (Å²) >= 11 is 0. The highest BCUT2D eigenvalue weighted by Gasteiger charge is 2.28. The molecule has 3 rings (SSSR count). The molecule has 1 aliphatic heterocycles. The van der Waals surface area contributed by atoms with Crippen molar-refractivity contribution in [3.63, 3.8) is 0 Å². The van der Waals surface area contributed by atoms with Crippen LogP contribution in [0.5, 0.6) is 11.5 Å². The molecule has 0 spiro atoms. The largest absolute Gasteiger partial charge is 0.486 e. The van der Waals surface area contributed by atoms with Crippen molar-refractivity contribution in [2.45, 2.75) is 38.3 Å². The second-order valence-electron chi connectivity index (χ2n) is 5.43. The number of hydrogen-bond donors (Lipinski definition) is 1. The van der Waals surface area contributed by atoms with Crippen LogP contribution in [-0.4, -0.2) is 38.5 Å². The van der Waals surface area contributed by atoms with Gasteiger partial charge >= 0.3 is 0 Å². The first kappa shape index (κ1) is 13.7. The van der Waals surface area contributed by atoms with E-state index in [1.807, 2.05) is 6.07 Å². The predicted molar refractivity (Wildman–Crippen MR) is 77.6 cm³/mol. The summed E-state index contributed by atoms with van der Waals surface area (Å²) in [6.45, 7) is 5.19. The van der Waals surface area contributed by atoms with Crippen LogP contribution >= 0.6 is 0 Å². The molecule has 0 aromatic heterocycles. The molecule has 0 bridgehead atoms. The van der Waals surface area contributed by atoms with E-state index >= 15 is 0 Å². The topological polar surface area (TPSA) is 39.7 Å². The maximum atomic E-state index is 5.60. The van der Waals surface area contributed by atoms with E-state index in [2.05, 4.69) is 24.4 Å². The Hall–Kier alpha value is -1.26. The molecule has 20 heavy (non-hydrogen) atoms. The Labute approximate surface area is 120 Å². The summed E-state index contributed by atoms with van der Waals surface area (Å²) in [4.78, 5) is 0. The molecule has 1 aromatic rings. The summed E-state index contributed by atoms with van der Waals surface area (Å²) in [6.07, 6.45) is 3.79. The molecule has 1 aromatic carbocycles. The van der Waals surface area contributed by atoms with Gasteiger partial charge in [0.05, 0.1) is 6.10 Å². The average Bonchev–Trinajstić information content (AvgIpc) is 2.44. The predicted octanol–water partition coefficient (Wildman–Crippen LogP) is 2.16. The van der Waals surface area contributed by atoms with Crippen molar-refractivity contribution in [3.05, 3.63) is 23.8 Å². The number of hydrogen-bond acceptors (Lipinski definition) is 4. The Kier molecular flexibility index (Phi) is 4.43. The van der Waals surface area contributed by atoms with Gasteiger partial charge in [0.1, 0.15) is 13.2 Å². The molecule has 0 saturated heterocycles. The molecule has 4 nitrogen and oxygen atoms in total. The van der Waals surface area contributed by atoms with Gasteiger partial charge in [0.15, 0.2) is 11.5 Å². The molecular weight excluding hydrogens is 254 g/mol. The van der Waals surface area contributed by atoms with Gasteiger partial charge < -0.3 is 19.5 Å². The van der Waals surface area contributed by atoms with Crippen LogP contribution in [0.2, 0.25) is 0 Å². The lowest BCUT2D eigenvalue weighted by atomic mass is 9.89. The van der Waals surface area contributed by atoms with Gasteiger partial charge in [-0.15, -0.1) is 0 Å². The van der Waals surface area contributed by atoms with Gasteiger partial charge in [-0.1, -0.05) is 6.07 Å². The van der Waals surface area contributed by atoms with E-state index < -0.39 is 0 Å². The fraction of sp³-hybridized carbons (Fsp3) is 0.625. The molecule has 0 radical (unpaired) electrons. The fourth-order valence-corrected chi connectivity index (χ4v) is 2.77. The van der Waals surface area contributed by atoms with Crippen molar-refractivity contribution in [1.29, 1.82) is 0 Å². The van der Waals surface area contributed by atoms with E-state index in [1.54, 1.807) is 0 Å². The molecule has 2 aliphatic rings. The van der Waals surface area contributed by atoms with E-state index in [0.29, 0.717) is 25.4 Å². The lowest BCUT2D eigenvalue weighted by Crippen LogP contribution is -2.46. The average molecular weight is 277 g/mol. The Morgan fingerprint density at radius 2 is 2.00 bits per heavy atom. The van der Waals surface area contributed by atoms with Crippen LogP contribution in [-0.2, 0) is 11.2 Å². The minimum atomic E-state index is 0.479. The van der Waals surface area contributed by atoms with Crippen LogP contribution in [0.1, 0.15) is 25.3 Å². The van der Waals surface area contributed by atoms with Crippen molar-refractivity contribution in [3.8, 4) is 11.5 Å². The summed E-state index contributed by atoms with van der Waals surface area (Å²) < 4.78 is 16.7. The minimum Gasteiger partial charge on any atom is -0.486 e. The third-order valence-electron chi connectivity index (χ3n) is 3.95. The molecule has 1 heterocycles. The highest BCUT2D eigenvalue weighted by molar-refractivity contribution is 5.43. The second kappa shape index (κ2) is 6.46. The van der Waals surface area contributed by atoms with Gasteiger partial charge in [-0.3, -0.25) is 0 Å². The summed E-state index contributed by atoms with van der Waals surface area (Å²) in [5.41, 5.74) is 1.29. The summed E-state index contributed by atoms with van der Waals surface area (Å²) in [6, 6.07) is 6.86. The minimum absolute atomic E-state index is 0.479. The molecule has 4 heteroatoms. The monoisotopic (exact) mass is 277 g/mol. The number of ether oxygens (including phenoxy) is 3. The van der Waals surface area contributed by atoms with Gasteiger partial charge in [0.2, 0.25) is 0 Å². The van der Waals surface area contributed by atoms with Gasteiger partial charge in [0, 0.05) is 12.6 Å². The third kappa shape index (κ3) is 3.25. The van der Waals surface area contributed by atoms with Crippen LogP contribution in [0.3, 0.4) is 0 Å².